The molecule has 2 aromatic heterocycles. The second kappa shape index (κ2) is 8.78. The number of furan rings is 1. The molecule has 0 aliphatic rings. The fourth-order valence-corrected chi connectivity index (χ4v) is 3.77. The Morgan fingerprint density at radius 3 is 2.41 bits per heavy atom. The Balaban J connectivity index is 1.48. The van der Waals surface area contributed by atoms with Crippen LogP contribution in [0, 0.1) is 0 Å². The third-order valence-corrected chi connectivity index (χ3v) is 5.49. The second-order valence-electron chi connectivity index (χ2n) is 7.57. The molecule has 0 N–H and O–H groups in total. The molecule has 7 heteroatoms. The van der Waals surface area contributed by atoms with Gasteiger partial charge in [0.05, 0.1) is 14.2 Å². The molecule has 0 atom stereocenters. The number of benzene rings is 3. The van der Waals surface area contributed by atoms with Crippen molar-refractivity contribution in [2.75, 3.05) is 20.8 Å². The zero-order valence-corrected chi connectivity index (χ0v) is 18.5. The molecule has 0 radical (unpaired) electrons. The molecule has 5 rings (SSSR count). The van der Waals surface area contributed by atoms with E-state index in [0.29, 0.717) is 50.7 Å². The molecule has 0 spiro atoms. The molecule has 34 heavy (non-hydrogen) atoms. The Kier molecular flexibility index (Phi) is 5.51. The van der Waals surface area contributed by atoms with Crippen molar-refractivity contribution in [1.82, 2.24) is 0 Å². The van der Waals surface area contributed by atoms with Crippen LogP contribution in [-0.4, -0.2) is 26.6 Å². The quantitative estimate of drug-likeness (QED) is 0.236. The van der Waals surface area contributed by atoms with Crippen LogP contribution < -0.4 is 19.8 Å². The number of ketones is 1. The highest BCUT2D eigenvalue weighted by Crippen LogP contribution is 2.36. The first-order valence-corrected chi connectivity index (χ1v) is 10.5. The SMILES string of the molecule is COc1ccc(C(=O)COc2ccc3oc(=O)cc(-c4cc5cccc(OC)c5o4)c3c2)cc1. The van der Waals surface area contributed by atoms with Crippen molar-refractivity contribution in [3.05, 3.63) is 88.8 Å². The number of para-hydroxylation sites is 1. The van der Waals surface area contributed by atoms with E-state index in [1.807, 2.05) is 18.2 Å². The van der Waals surface area contributed by atoms with Gasteiger partial charge < -0.3 is 23.0 Å². The maximum absolute atomic E-state index is 12.5. The molecule has 5 aromatic rings. The Hall–Kier alpha value is -4.52. The summed E-state index contributed by atoms with van der Waals surface area (Å²) in [5.41, 5.74) is 1.53. The molecule has 0 unspecified atom stereocenters. The van der Waals surface area contributed by atoms with Crippen molar-refractivity contribution in [3.8, 4) is 28.6 Å². The van der Waals surface area contributed by atoms with Crippen molar-refractivity contribution < 1.29 is 27.8 Å². The van der Waals surface area contributed by atoms with Gasteiger partial charge in [-0.1, -0.05) is 12.1 Å². The molecular formula is C27H20O7. The summed E-state index contributed by atoms with van der Waals surface area (Å²) in [5, 5.41) is 1.46. The fraction of sp³-hybridized carbons (Fsp3) is 0.111. The fourth-order valence-electron chi connectivity index (χ4n) is 3.77. The topological polar surface area (TPSA) is 88.1 Å². The lowest BCUT2D eigenvalue weighted by Crippen LogP contribution is -2.11. The highest BCUT2D eigenvalue weighted by atomic mass is 16.5. The van der Waals surface area contributed by atoms with E-state index in [2.05, 4.69) is 0 Å². The maximum atomic E-state index is 12.5. The summed E-state index contributed by atoms with van der Waals surface area (Å²) in [7, 11) is 3.14. The van der Waals surface area contributed by atoms with E-state index in [4.69, 9.17) is 23.0 Å². The molecule has 0 bridgehead atoms. The number of carbonyl (C=O) groups excluding carboxylic acids is 1. The van der Waals surface area contributed by atoms with Crippen LogP contribution in [-0.2, 0) is 0 Å². The van der Waals surface area contributed by atoms with Crippen molar-refractivity contribution in [2.24, 2.45) is 0 Å². The predicted octanol–water partition coefficient (Wildman–Crippen LogP) is 5.49. The second-order valence-corrected chi connectivity index (χ2v) is 7.57. The average Bonchev–Trinajstić information content (AvgIpc) is 3.31. The van der Waals surface area contributed by atoms with Crippen LogP contribution in [0.3, 0.4) is 0 Å². The maximum Gasteiger partial charge on any atom is 0.336 e. The lowest BCUT2D eigenvalue weighted by atomic mass is 10.1. The largest absolute Gasteiger partial charge is 0.497 e. The molecule has 0 amide bonds. The summed E-state index contributed by atoms with van der Waals surface area (Å²) in [5.74, 6) is 2.04. The lowest BCUT2D eigenvalue weighted by molar-refractivity contribution is 0.0921. The summed E-state index contributed by atoms with van der Waals surface area (Å²) in [6.45, 7) is -0.147. The number of carbonyl (C=O) groups is 1. The number of ether oxygens (including phenoxy) is 3. The van der Waals surface area contributed by atoms with Gasteiger partial charge in [-0.15, -0.1) is 0 Å². The van der Waals surface area contributed by atoms with E-state index in [-0.39, 0.29) is 12.4 Å². The van der Waals surface area contributed by atoms with E-state index in [9.17, 15) is 9.59 Å². The molecule has 0 fully saturated rings. The molecule has 0 aliphatic carbocycles. The molecule has 0 saturated carbocycles. The van der Waals surface area contributed by atoms with Crippen LogP contribution in [0.2, 0.25) is 0 Å². The molecular weight excluding hydrogens is 436 g/mol. The monoisotopic (exact) mass is 456 g/mol. The van der Waals surface area contributed by atoms with Gasteiger partial charge in [-0.25, -0.2) is 4.79 Å². The summed E-state index contributed by atoms with van der Waals surface area (Å²) in [4.78, 5) is 24.7. The number of hydrogen-bond acceptors (Lipinski definition) is 7. The standard InChI is InChI=1S/C27H20O7/c1-30-18-8-6-16(7-9-18)22(28)15-32-19-10-11-23-20(13-19)21(14-26(29)33-23)25-12-17-4-3-5-24(31-2)27(17)34-25/h3-14H,15H2,1-2H3. The summed E-state index contributed by atoms with van der Waals surface area (Å²) in [6, 6.07) is 20.6. The van der Waals surface area contributed by atoms with E-state index in [0.717, 1.165) is 5.39 Å². The van der Waals surface area contributed by atoms with E-state index in [1.54, 1.807) is 62.8 Å². The minimum absolute atomic E-state index is 0.147. The molecule has 170 valence electrons. The van der Waals surface area contributed by atoms with E-state index < -0.39 is 5.63 Å². The summed E-state index contributed by atoms with van der Waals surface area (Å²) >= 11 is 0. The van der Waals surface area contributed by atoms with E-state index in [1.165, 1.54) is 6.07 Å². The average molecular weight is 456 g/mol. The zero-order valence-electron chi connectivity index (χ0n) is 18.5. The first-order chi connectivity index (χ1) is 16.6. The van der Waals surface area contributed by atoms with Gasteiger partial charge in [0.1, 0.15) is 22.8 Å². The number of methoxy groups -OCH3 is 2. The predicted molar refractivity (Wildman–Crippen MR) is 127 cm³/mol. The number of fused-ring (bicyclic) bond motifs is 2. The van der Waals surface area contributed by atoms with Crippen molar-refractivity contribution in [3.63, 3.8) is 0 Å². The van der Waals surface area contributed by atoms with Gasteiger partial charge in [-0.2, -0.15) is 0 Å². The van der Waals surface area contributed by atoms with Crippen LogP contribution in [0.5, 0.6) is 17.2 Å². The number of rotatable bonds is 7. The first kappa shape index (κ1) is 21.3. The lowest BCUT2D eigenvalue weighted by Gasteiger charge is -2.08. The van der Waals surface area contributed by atoms with Gasteiger partial charge >= 0.3 is 5.63 Å². The third kappa shape index (κ3) is 3.99. The van der Waals surface area contributed by atoms with Crippen LogP contribution in [0.15, 0.2) is 86.4 Å². The Bertz CT molecular complexity index is 1560. The smallest absolute Gasteiger partial charge is 0.336 e. The van der Waals surface area contributed by atoms with Crippen molar-refractivity contribution in [1.29, 1.82) is 0 Å². The summed E-state index contributed by atoms with van der Waals surface area (Å²) < 4.78 is 27.7. The van der Waals surface area contributed by atoms with E-state index >= 15 is 0 Å². The summed E-state index contributed by atoms with van der Waals surface area (Å²) in [6.07, 6.45) is 0. The number of hydrogen-bond donors (Lipinski definition) is 0. The Morgan fingerprint density at radius 1 is 0.853 bits per heavy atom. The van der Waals surface area contributed by atoms with Crippen molar-refractivity contribution in [2.45, 2.75) is 0 Å². The highest BCUT2D eigenvalue weighted by molar-refractivity contribution is 5.98. The molecule has 7 nitrogen and oxygen atoms in total. The Labute approximate surface area is 194 Å². The van der Waals surface area contributed by atoms with Crippen molar-refractivity contribution >= 4 is 27.7 Å². The van der Waals surface area contributed by atoms with Gasteiger partial charge in [0.25, 0.3) is 0 Å². The van der Waals surface area contributed by atoms with Gasteiger partial charge in [0.2, 0.25) is 0 Å². The van der Waals surface area contributed by atoms with Gasteiger partial charge in [0.15, 0.2) is 23.7 Å². The minimum atomic E-state index is -0.502. The number of Topliss-reactive ketones (excluding diaryl/α,β-unsaturated/α-hetero) is 1. The Morgan fingerprint density at radius 2 is 1.65 bits per heavy atom. The highest BCUT2D eigenvalue weighted by Gasteiger charge is 2.16. The molecule has 2 heterocycles. The van der Waals surface area contributed by atoms with Crippen LogP contribution in [0.4, 0.5) is 0 Å². The first-order valence-electron chi connectivity index (χ1n) is 10.5. The molecule has 0 saturated heterocycles. The normalized spacial score (nSPS) is 11.0. The van der Waals surface area contributed by atoms with Gasteiger partial charge in [-0.3, -0.25) is 4.79 Å². The van der Waals surface area contributed by atoms with Crippen LogP contribution in [0.1, 0.15) is 10.4 Å². The third-order valence-electron chi connectivity index (χ3n) is 5.49. The van der Waals surface area contributed by atoms with Gasteiger partial charge in [0, 0.05) is 28.0 Å². The molecule has 0 aliphatic heterocycles. The molecule has 3 aromatic carbocycles. The van der Waals surface area contributed by atoms with Gasteiger partial charge in [-0.05, 0) is 54.6 Å². The zero-order chi connectivity index (χ0) is 23.7. The minimum Gasteiger partial charge on any atom is -0.497 e. The van der Waals surface area contributed by atoms with Crippen LogP contribution >= 0.6 is 0 Å². The van der Waals surface area contributed by atoms with Crippen LogP contribution in [0.25, 0.3) is 33.3 Å².